The quantitative estimate of drug-likeness (QED) is 0.558. The van der Waals surface area contributed by atoms with E-state index in [4.69, 9.17) is 0 Å². The number of allylic oxidation sites excluding steroid dienone is 1. The predicted octanol–water partition coefficient (Wildman–Crippen LogP) is 1.72. The van der Waals surface area contributed by atoms with Gasteiger partial charge in [-0.2, -0.15) is 0 Å². The molecule has 0 aromatic heterocycles. The molecule has 0 heterocycles. The molecule has 1 aliphatic rings. The van der Waals surface area contributed by atoms with Crippen molar-refractivity contribution >= 4 is 0 Å². The summed E-state index contributed by atoms with van der Waals surface area (Å²) in [7, 11) is 0. The fraction of sp³-hybridized carbons (Fsp3) is 0.750. The highest BCUT2D eigenvalue weighted by Crippen LogP contribution is 2.22. The molecule has 1 aliphatic carbocycles. The molecule has 1 heteroatoms. The predicted molar refractivity (Wildman–Crippen MR) is 38.2 cm³/mol. The van der Waals surface area contributed by atoms with Crippen molar-refractivity contribution in [1.29, 1.82) is 0 Å². The molecule has 9 heavy (non-hydrogen) atoms. The van der Waals surface area contributed by atoms with Crippen molar-refractivity contribution in [2.45, 2.75) is 32.3 Å². The van der Waals surface area contributed by atoms with Crippen LogP contribution in [0.15, 0.2) is 12.2 Å². The van der Waals surface area contributed by atoms with Gasteiger partial charge in [-0.25, -0.2) is 0 Å². The van der Waals surface area contributed by atoms with Gasteiger partial charge in [0.05, 0.1) is 6.10 Å². The van der Waals surface area contributed by atoms with E-state index in [0.29, 0.717) is 5.92 Å². The average molecular weight is 126 g/mol. The smallest absolute Gasteiger partial charge is 0.0752 e. The van der Waals surface area contributed by atoms with E-state index < -0.39 is 0 Å². The van der Waals surface area contributed by atoms with E-state index in [2.05, 4.69) is 13.0 Å². The maximum Gasteiger partial charge on any atom is 0.0752 e. The van der Waals surface area contributed by atoms with E-state index in [0.717, 1.165) is 12.8 Å². The van der Waals surface area contributed by atoms with Crippen LogP contribution in [0.25, 0.3) is 0 Å². The lowest BCUT2D eigenvalue weighted by Gasteiger charge is -2.11. The number of hydrogen-bond acceptors (Lipinski definition) is 1. The van der Waals surface area contributed by atoms with Crippen LogP contribution in [0.4, 0.5) is 0 Å². The highest BCUT2D eigenvalue weighted by atomic mass is 16.3. The maximum atomic E-state index is 9.23. The normalized spacial score (nSPS) is 33.6. The molecule has 1 rings (SSSR count). The van der Waals surface area contributed by atoms with Gasteiger partial charge in [-0.15, -0.1) is 0 Å². The van der Waals surface area contributed by atoms with Gasteiger partial charge in [0.25, 0.3) is 0 Å². The molecule has 0 amide bonds. The molecule has 0 aliphatic heterocycles. The second-order valence-electron chi connectivity index (χ2n) is 2.70. The lowest BCUT2D eigenvalue weighted by Crippen LogP contribution is -2.12. The zero-order valence-corrected chi connectivity index (χ0v) is 5.88. The van der Waals surface area contributed by atoms with E-state index in [-0.39, 0.29) is 6.10 Å². The van der Waals surface area contributed by atoms with Gasteiger partial charge >= 0.3 is 0 Å². The summed E-state index contributed by atoms with van der Waals surface area (Å²) in [4.78, 5) is 0. The van der Waals surface area contributed by atoms with Crippen LogP contribution in [0.1, 0.15) is 26.2 Å². The van der Waals surface area contributed by atoms with E-state index >= 15 is 0 Å². The zero-order chi connectivity index (χ0) is 6.69. The van der Waals surface area contributed by atoms with Crippen LogP contribution in [-0.2, 0) is 0 Å². The summed E-state index contributed by atoms with van der Waals surface area (Å²) in [6, 6.07) is 0. The molecule has 0 aromatic rings. The third-order valence-electron chi connectivity index (χ3n) is 1.91. The van der Waals surface area contributed by atoms with Gasteiger partial charge in [0.2, 0.25) is 0 Å². The second kappa shape index (κ2) is 3.02. The molecule has 1 N–H and O–H groups in total. The van der Waals surface area contributed by atoms with E-state index in [1.165, 1.54) is 6.42 Å². The van der Waals surface area contributed by atoms with Crippen LogP contribution < -0.4 is 0 Å². The molecule has 0 aromatic carbocycles. The van der Waals surface area contributed by atoms with Gasteiger partial charge in [-0.1, -0.05) is 25.5 Å². The Morgan fingerprint density at radius 3 is 2.89 bits per heavy atom. The molecule has 0 fully saturated rings. The first-order chi connectivity index (χ1) is 4.34. The van der Waals surface area contributed by atoms with Gasteiger partial charge in [0.15, 0.2) is 0 Å². The summed E-state index contributed by atoms with van der Waals surface area (Å²) in [6.07, 6.45) is 7.25. The van der Waals surface area contributed by atoms with E-state index in [9.17, 15) is 5.11 Å². The van der Waals surface area contributed by atoms with Crippen LogP contribution in [-0.4, -0.2) is 11.2 Å². The molecule has 0 saturated heterocycles. The summed E-state index contributed by atoms with van der Waals surface area (Å²) in [5.74, 6) is 0.523. The first kappa shape index (κ1) is 6.81. The fourth-order valence-electron chi connectivity index (χ4n) is 1.35. The minimum atomic E-state index is -0.148. The Hall–Kier alpha value is -0.300. The largest absolute Gasteiger partial charge is 0.389 e. The van der Waals surface area contributed by atoms with Gasteiger partial charge in [0, 0.05) is 0 Å². The lowest BCUT2D eigenvalue weighted by molar-refractivity contribution is 0.158. The van der Waals surface area contributed by atoms with Crippen molar-refractivity contribution in [1.82, 2.24) is 0 Å². The Kier molecular flexibility index (Phi) is 2.29. The Bertz CT molecular complexity index is 107. The summed E-state index contributed by atoms with van der Waals surface area (Å²) >= 11 is 0. The highest BCUT2D eigenvalue weighted by Gasteiger charge is 2.18. The molecule has 52 valence electrons. The fourth-order valence-corrected chi connectivity index (χ4v) is 1.35. The van der Waals surface area contributed by atoms with Crippen LogP contribution in [0, 0.1) is 5.92 Å². The SMILES string of the molecule is CCCC1CC=CC1O. The van der Waals surface area contributed by atoms with Crippen molar-refractivity contribution in [3.05, 3.63) is 12.2 Å². The van der Waals surface area contributed by atoms with Crippen LogP contribution in [0.2, 0.25) is 0 Å². The van der Waals surface area contributed by atoms with Crippen molar-refractivity contribution in [2.24, 2.45) is 5.92 Å². The van der Waals surface area contributed by atoms with Gasteiger partial charge in [-0.3, -0.25) is 0 Å². The third-order valence-corrected chi connectivity index (χ3v) is 1.91. The summed E-state index contributed by atoms with van der Waals surface area (Å²) in [5, 5.41) is 9.23. The first-order valence-corrected chi connectivity index (χ1v) is 3.69. The Morgan fingerprint density at radius 2 is 2.44 bits per heavy atom. The van der Waals surface area contributed by atoms with Crippen molar-refractivity contribution in [3.8, 4) is 0 Å². The topological polar surface area (TPSA) is 20.2 Å². The number of aliphatic hydroxyl groups excluding tert-OH is 1. The summed E-state index contributed by atoms with van der Waals surface area (Å²) < 4.78 is 0. The zero-order valence-electron chi connectivity index (χ0n) is 5.88. The maximum absolute atomic E-state index is 9.23. The van der Waals surface area contributed by atoms with Crippen LogP contribution in [0.5, 0.6) is 0 Å². The highest BCUT2D eigenvalue weighted by molar-refractivity contribution is 5.01. The first-order valence-electron chi connectivity index (χ1n) is 3.69. The molecule has 1 nitrogen and oxygen atoms in total. The lowest BCUT2D eigenvalue weighted by atomic mass is 10.00. The number of hydrogen-bond donors (Lipinski definition) is 1. The monoisotopic (exact) mass is 126 g/mol. The third kappa shape index (κ3) is 1.55. The minimum Gasteiger partial charge on any atom is -0.389 e. The van der Waals surface area contributed by atoms with Crippen molar-refractivity contribution in [3.63, 3.8) is 0 Å². The minimum absolute atomic E-state index is 0.148. The second-order valence-corrected chi connectivity index (χ2v) is 2.70. The Morgan fingerprint density at radius 1 is 1.67 bits per heavy atom. The van der Waals surface area contributed by atoms with Gasteiger partial charge < -0.3 is 5.11 Å². The molecule has 0 saturated carbocycles. The van der Waals surface area contributed by atoms with Crippen molar-refractivity contribution < 1.29 is 5.11 Å². The number of aliphatic hydroxyl groups is 1. The molecule has 0 spiro atoms. The Balaban J connectivity index is 2.28. The summed E-state index contributed by atoms with van der Waals surface area (Å²) in [6.45, 7) is 2.16. The summed E-state index contributed by atoms with van der Waals surface area (Å²) in [5.41, 5.74) is 0. The van der Waals surface area contributed by atoms with Crippen molar-refractivity contribution in [2.75, 3.05) is 0 Å². The van der Waals surface area contributed by atoms with E-state index in [1.54, 1.807) is 0 Å². The molecule has 2 atom stereocenters. The van der Waals surface area contributed by atoms with Crippen LogP contribution in [0.3, 0.4) is 0 Å². The molecular weight excluding hydrogens is 112 g/mol. The van der Waals surface area contributed by atoms with Gasteiger partial charge in [0.1, 0.15) is 0 Å². The molecular formula is C8H14O. The molecule has 0 bridgehead atoms. The average Bonchev–Trinajstić information content (AvgIpc) is 2.18. The van der Waals surface area contributed by atoms with Crippen LogP contribution >= 0.6 is 0 Å². The van der Waals surface area contributed by atoms with E-state index in [1.807, 2.05) is 6.08 Å². The standard InChI is InChI=1S/C8H14O/c1-2-4-7-5-3-6-8(7)9/h3,6-9H,2,4-5H2,1H3. The molecule has 0 radical (unpaired) electrons. The number of rotatable bonds is 2. The Labute approximate surface area is 56.4 Å². The van der Waals surface area contributed by atoms with Gasteiger partial charge in [-0.05, 0) is 18.8 Å². The molecule has 2 unspecified atom stereocenters.